The smallest absolute Gasteiger partial charge is 0.0594 e. The molecule has 0 saturated heterocycles. The Labute approximate surface area is 766 Å². The first-order valence-corrected chi connectivity index (χ1v) is 66.5. The second-order valence-electron chi connectivity index (χ2n) is 39.6. The third-order valence-corrected chi connectivity index (χ3v) is 48.0. The minimum Gasteiger partial charge on any atom is -1.00 e. The van der Waals surface area contributed by atoms with E-state index in [4.69, 9.17) is 0 Å². The van der Waals surface area contributed by atoms with Gasteiger partial charge in [0.15, 0.2) is 0 Å². The molecule has 120 heavy (non-hydrogen) atoms. The zero-order chi connectivity index (χ0) is 85.9. The van der Waals surface area contributed by atoms with E-state index in [2.05, 4.69) is 111 Å². The standard InChI is InChI=1S/4C28H60P.4FH/c4*1-5-9-13-14-15-16-17-18-19-20-21-22-23-24-28-29(25-10-6-2,26-11-7-3)27-12-8-4;;;;/h4*5-28H2,1-4H3;4*1H/q4*+1;;;;/p-4. The van der Waals surface area contributed by atoms with Gasteiger partial charge >= 0.3 is 0 Å². The Hall–Kier alpha value is 1.44. The molecule has 0 unspecified atom stereocenters. The predicted molar refractivity (Wildman–Crippen MR) is 566 cm³/mol. The van der Waals surface area contributed by atoms with Crippen LogP contribution < -0.4 is 18.8 Å². The Bertz CT molecular complexity index is 1370. The minimum atomic E-state index is -0.630. The highest BCUT2D eigenvalue weighted by Crippen LogP contribution is 2.64. The normalized spacial score (nSPS) is 11.6. The van der Waals surface area contributed by atoms with Crippen LogP contribution in [0.4, 0.5) is 0 Å². The summed E-state index contributed by atoms with van der Waals surface area (Å²) in [7, 11) is -2.52. The Morgan fingerprint density at radius 1 is 0.0750 bits per heavy atom. The second-order valence-corrected chi connectivity index (χ2v) is 57.5. The maximum Gasteiger partial charge on any atom is 0.0594 e. The van der Waals surface area contributed by atoms with Crippen molar-refractivity contribution in [2.75, 3.05) is 98.6 Å². The van der Waals surface area contributed by atoms with Gasteiger partial charge in [-0.1, -0.05) is 496 Å². The number of halogens is 4. The van der Waals surface area contributed by atoms with Gasteiger partial charge < -0.3 is 18.8 Å². The number of hydrogen-bond acceptors (Lipinski definition) is 0. The van der Waals surface area contributed by atoms with Gasteiger partial charge in [-0.2, -0.15) is 0 Å². The van der Waals surface area contributed by atoms with Gasteiger partial charge in [0.05, 0.1) is 98.6 Å². The van der Waals surface area contributed by atoms with Crippen molar-refractivity contribution in [3.8, 4) is 0 Å². The van der Waals surface area contributed by atoms with Gasteiger partial charge in [0, 0.05) is 29.0 Å². The molecule has 0 N–H and O–H groups in total. The first-order valence-electron chi connectivity index (χ1n) is 56.4. The Morgan fingerprint density at radius 3 is 0.208 bits per heavy atom. The maximum absolute atomic E-state index is 2.39. The summed E-state index contributed by atoms with van der Waals surface area (Å²) in [5, 5.41) is 0. The van der Waals surface area contributed by atoms with E-state index in [1.54, 1.807) is 124 Å². The van der Waals surface area contributed by atoms with Crippen molar-refractivity contribution in [1.29, 1.82) is 0 Å². The van der Waals surface area contributed by atoms with Crippen LogP contribution in [0, 0.1) is 0 Å². The molecule has 0 aliphatic carbocycles. The number of hydrogen-bond donors (Lipinski definition) is 0. The third-order valence-electron chi connectivity index (χ3n) is 27.8. The molecule has 0 aromatic heterocycles. The molecule has 0 nitrogen and oxygen atoms in total. The van der Waals surface area contributed by atoms with E-state index in [0.29, 0.717) is 0 Å². The molecule has 0 aliphatic heterocycles. The van der Waals surface area contributed by atoms with Gasteiger partial charge in [-0.3, -0.25) is 0 Å². The zero-order valence-electron chi connectivity index (χ0n) is 87.2. The van der Waals surface area contributed by atoms with E-state index in [1.165, 1.54) is 488 Å². The molecule has 0 fully saturated rings. The fourth-order valence-electron chi connectivity index (χ4n) is 19.2. The fourth-order valence-corrected chi connectivity index (χ4v) is 40.0. The van der Waals surface area contributed by atoms with Crippen LogP contribution >= 0.6 is 29.0 Å². The summed E-state index contributed by atoms with van der Waals surface area (Å²) in [6.07, 6.45) is 144. The second kappa shape index (κ2) is 117. The van der Waals surface area contributed by atoms with E-state index < -0.39 is 29.0 Å². The van der Waals surface area contributed by atoms with Crippen LogP contribution in [0.25, 0.3) is 0 Å². The van der Waals surface area contributed by atoms with Crippen molar-refractivity contribution in [3.05, 3.63) is 0 Å². The van der Waals surface area contributed by atoms with Crippen molar-refractivity contribution >= 4 is 29.0 Å². The SMILES string of the molecule is CCCCCCCCCCCCCCCC[P+](CCCC)(CCCC)CCCC.CCCCCCCCCCCCCCCC[P+](CCCC)(CCCC)CCCC.CCCCCCCCCCCCCCCC[P+](CCCC)(CCCC)CCCC.CCCCCCCCCCCCCCCC[P+](CCCC)(CCCC)CCCC.[F-].[F-].[F-].[F-]. The lowest BCUT2D eigenvalue weighted by atomic mass is 10.0. The van der Waals surface area contributed by atoms with Crippen LogP contribution in [0.15, 0.2) is 0 Å². The van der Waals surface area contributed by atoms with Crippen molar-refractivity contribution in [3.63, 3.8) is 0 Å². The van der Waals surface area contributed by atoms with Crippen molar-refractivity contribution in [2.24, 2.45) is 0 Å². The van der Waals surface area contributed by atoms with Gasteiger partial charge in [0.1, 0.15) is 0 Å². The largest absolute Gasteiger partial charge is 1.00 e. The minimum absolute atomic E-state index is 0. The maximum atomic E-state index is 2.39. The summed E-state index contributed by atoms with van der Waals surface area (Å²) in [4.78, 5) is 0. The molecule has 0 heterocycles. The molecular weight excluding hydrogens is 1550 g/mol. The van der Waals surface area contributed by atoms with Crippen molar-refractivity contribution in [1.82, 2.24) is 0 Å². The topological polar surface area (TPSA) is 0 Å². The average Bonchev–Trinajstić information content (AvgIpc) is 0.894. The summed E-state index contributed by atoms with van der Waals surface area (Å²) >= 11 is 0. The summed E-state index contributed by atoms with van der Waals surface area (Å²) in [6.45, 7) is 37.9. The zero-order valence-corrected chi connectivity index (χ0v) is 90.8. The third kappa shape index (κ3) is 100. The molecule has 0 amide bonds. The van der Waals surface area contributed by atoms with Crippen molar-refractivity contribution in [2.45, 2.75) is 624 Å². The van der Waals surface area contributed by atoms with Crippen LogP contribution in [-0.4, -0.2) is 98.6 Å². The quantitative estimate of drug-likeness (QED) is 0.0323. The van der Waals surface area contributed by atoms with Crippen LogP contribution in [0.3, 0.4) is 0 Å². The summed E-state index contributed by atoms with van der Waals surface area (Å²) in [5.74, 6) is 0. The Balaban J connectivity index is -0.000000230. The molecule has 0 aromatic carbocycles. The van der Waals surface area contributed by atoms with E-state index in [0.717, 1.165) is 0 Å². The van der Waals surface area contributed by atoms with Crippen LogP contribution in [-0.2, 0) is 0 Å². The molecule has 0 radical (unpaired) electrons. The molecule has 0 aromatic rings. The molecule has 0 atom stereocenters. The Morgan fingerprint density at radius 2 is 0.133 bits per heavy atom. The van der Waals surface area contributed by atoms with Gasteiger partial charge in [0.25, 0.3) is 0 Å². The van der Waals surface area contributed by atoms with Crippen LogP contribution in [0.5, 0.6) is 0 Å². The first kappa shape index (κ1) is 137. The Kier molecular flexibility index (Phi) is 133. The number of unbranched alkanes of at least 4 members (excludes halogenated alkanes) is 64. The highest BCUT2D eigenvalue weighted by molar-refractivity contribution is 7.76. The molecule has 0 spiro atoms. The summed E-state index contributed by atoms with van der Waals surface area (Å²) in [5.41, 5.74) is 0. The van der Waals surface area contributed by atoms with Crippen LogP contribution in [0.2, 0.25) is 0 Å². The van der Waals surface area contributed by atoms with Gasteiger partial charge in [-0.15, -0.1) is 0 Å². The summed E-state index contributed by atoms with van der Waals surface area (Å²) < 4.78 is 0. The van der Waals surface area contributed by atoms with Crippen molar-refractivity contribution < 1.29 is 18.8 Å². The predicted octanol–water partition coefficient (Wildman–Crippen LogP) is 31.6. The molecule has 0 saturated carbocycles. The lowest BCUT2D eigenvalue weighted by Gasteiger charge is -2.28. The number of rotatable bonds is 96. The monoisotopic (exact) mass is 1790 g/mol. The highest BCUT2D eigenvalue weighted by atomic mass is 31.2. The fraction of sp³-hybridized carbons (Fsp3) is 1.00. The lowest BCUT2D eigenvalue weighted by Crippen LogP contribution is -3.00. The first-order chi connectivity index (χ1) is 57.0. The van der Waals surface area contributed by atoms with E-state index >= 15 is 0 Å². The lowest BCUT2D eigenvalue weighted by molar-refractivity contribution is -0.001000. The molecule has 0 bridgehead atoms. The van der Waals surface area contributed by atoms with E-state index in [9.17, 15) is 0 Å². The van der Waals surface area contributed by atoms with Gasteiger partial charge in [-0.05, 0) is 128 Å². The van der Waals surface area contributed by atoms with Gasteiger partial charge in [-0.25, -0.2) is 0 Å². The van der Waals surface area contributed by atoms with Gasteiger partial charge in [0.2, 0.25) is 0 Å². The summed E-state index contributed by atoms with van der Waals surface area (Å²) in [6, 6.07) is 0. The molecule has 0 rings (SSSR count). The van der Waals surface area contributed by atoms with Crippen LogP contribution in [0.1, 0.15) is 624 Å². The molecule has 736 valence electrons. The molecular formula is C112H240F4P4. The molecule has 0 aliphatic rings. The van der Waals surface area contributed by atoms with E-state index in [-0.39, 0.29) is 18.8 Å². The average molecular weight is 1790 g/mol. The highest BCUT2D eigenvalue weighted by Gasteiger charge is 2.38. The molecule has 8 heteroatoms. The van der Waals surface area contributed by atoms with E-state index in [1.807, 2.05) is 0 Å².